The fourth-order valence-electron chi connectivity index (χ4n) is 9.29. The number of fused-ring (bicyclic) bond motifs is 4. The molecular formula is C28H38O8S2. The Bertz CT molecular complexity index is 1290. The molecule has 0 heterocycles. The summed E-state index contributed by atoms with van der Waals surface area (Å²) in [7, 11) is -8.44. The standard InChI is InChI=1S/C28H38O8S2/c1-25(15-37(31,32)33)19-11-21(27(25,3)23(29)13-19)9-17-5-7-18(8-6-17)10-22-12-20-14-24(30)28(22,4)26(20,2)16-38(34,35)36/h5-8,19-22H,9-16H2,1-4H3,(H,31,32,33)(H,34,35,36)/t19-,20-,21?,22?,25?,26?,27+,28+/m1/s1. The number of hydrogen-bond donors (Lipinski definition) is 2. The van der Waals surface area contributed by atoms with Crippen LogP contribution in [0.15, 0.2) is 24.3 Å². The molecule has 4 unspecified atom stereocenters. The number of carbonyl (C=O) groups is 2. The predicted molar refractivity (Wildman–Crippen MR) is 142 cm³/mol. The van der Waals surface area contributed by atoms with E-state index in [1.165, 1.54) is 0 Å². The highest BCUT2D eigenvalue weighted by molar-refractivity contribution is 7.86. The summed E-state index contributed by atoms with van der Waals surface area (Å²) in [5, 5.41) is 0. The molecule has 0 aliphatic heterocycles. The molecule has 1 aromatic rings. The number of benzene rings is 1. The van der Waals surface area contributed by atoms with Crippen LogP contribution in [0.2, 0.25) is 0 Å². The zero-order valence-electron chi connectivity index (χ0n) is 22.4. The predicted octanol–water partition coefficient (Wildman–Crippen LogP) is 3.79. The number of ketones is 2. The van der Waals surface area contributed by atoms with Crippen LogP contribution in [-0.4, -0.2) is 49.0 Å². The highest BCUT2D eigenvalue weighted by Crippen LogP contribution is 2.68. The number of hydrogen-bond acceptors (Lipinski definition) is 6. The molecule has 4 bridgehead atoms. The monoisotopic (exact) mass is 566 g/mol. The van der Waals surface area contributed by atoms with E-state index < -0.39 is 53.4 Å². The maximum absolute atomic E-state index is 13.0. The average Bonchev–Trinajstić information content (AvgIpc) is 3.23. The van der Waals surface area contributed by atoms with Gasteiger partial charge in [-0.15, -0.1) is 0 Å². The van der Waals surface area contributed by atoms with Crippen molar-refractivity contribution in [1.82, 2.24) is 0 Å². The fourth-order valence-corrected chi connectivity index (χ4v) is 11.9. The Morgan fingerprint density at radius 3 is 1.29 bits per heavy atom. The third kappa shape index (κ3) is 3.96. The van der Waals surface area contributed by atoms with Crippen molar-refractivity contribution in [3.8, 4) is 0 Å². The minimum atomic E-state index is -4.22. The molecule has 38 heavy (non-hydrogen) atoms. The zero-order valence-corrected chi connectivity index (χ0v) is 24.1. The van der Waals surface area contributed by atoms with Crippen LogP contribution in [-0.2, 0) is 42.7 Å². The molecule has 5 rings (SSSR count). The molecular weight excluding hydrogens is 528 g/mol. The van der Waals surface area contributed by atoms with Gasteiger partial charge in [-0.25, -0.2) is 0 Å². The van der Waals surface area contributed by atoms with Gasteiger partial charge in [0, 0.05) is 23.7 Å². The summed E-state index contributed by atoms with van der Waals surface area (Å²) in [6.07, 6.45) is 3.46. The van der Waals surface area contributed by atoms with Crippen molar-refractivity contribution in [3.05, 3.63) is 35.4 Å². The SMILES string of the molecule is CC1(CS(=O)(=O)O)[C@H]2CC(=O)[C@]1(C)C(Cc1ccc(CC3C[C@@H]4CC(=O)[C@@]3(C)C4(C)CS(=O)(=O)O)cc1)C2. The van der Waals surface area contributed by atoms with Crippen molar-refractivity contribution in [2.24, 2.45) is 45.3 Å². The first-order chi connectivity index (χ1) is 17.3. The van der Waals surface area contributed by atoms with Gasteiger partial charge in [0.25, 0.3) is 20.2 Å². The first kappa shape index (κ1) is 27.9. The summed E-state index contributed by atoms with van der Waals surface area (Å²) in [5.74, 6) is -0.840. The fraction of sp³-hybridized carbons (Fsp3) is 0.714. The molecule has 4 saturated carbocycles. The van der Waals surface area contributed by atoms with E-state index in [0.717, 1.165) is 24.0 Å². The van der Waals surface area contributed by atoms with Crippen molar-refractivity contribution >= 4 is 31.8 Å². The molecule has 10 heteroatoms. The normalized spacial score (nSPS) is 42.4. The van der Waals surface area contributed by atoms with Gasteiger partial charge in [0.15, 0.2) is 0 Å². The molecule has 210 valence electrons. The van der Waals surface area contributed by atoms with E-state index in [1.807, 2.05) is 52.0 Å². The average molecular weight is 567 g/mol. The van der Waals surface area contributed by atoms with E-state index in [1.54, 1.807) is 0 Å². The Labute approximate surface area is 225 Å². The number of rotatable bonds is 8. The summed E-state index contributed by atoms with van der Waals surface area (Å²) in [4.78, 5) is 26.0. The van der Waals surface area contributed by atoms with Gasteiger partial charge in [-0.2, -0.15) is 16.8 Å². The van der Waals surface area contributed by atoms with Crippen LogP contribution in [0.4, 0.5) is 0 Å². The molecule has 0 radical (unpaired) electrons. The maximum atomic E-state index is 13.0. The lowest BCUT2D eigenvalue weighted by Gasteiger charge is -2.39. The quantitative estimate of drug-likeness (QED) is 0.453. The largest absolute Gasteiger partial charge is 0.299 e. The van der Waals surface area contributed by atoms with Crippen molar-refractivity contribution in [3.63, 3.8) is 0 Å². The zero-order chi connectivity index (χ0) is 28.1. The molecule has 8 atom stereocenters. The van der Waals surface area contributed by atoms with E-state index in [2.05, 4.69) is 0 Å². The van der Waals surface area contributed by atoms with E-state index in [0.29, 0.717) is 25.7 Å². The number of Topliss-reactive ketones (excluding diaryl/α,β-unsaturated/α-hetero) is 2. The molecule has 2 N–H and O–H groups in total. The van der Waals surface area contributed by atoms with Gasteiger partial charge in [0.05, 0.1) is 11.5 Å². The molecule has 8 nitrogen and oxygen atoms in total. The van der Waals surface area contributed by atoms with E-state index in [4.69, 9.17) is 0 Å². The summed E-state index contributed by atoms with van der Waals surface area (Å²) >= 11 is 0. The van der Waals surface area contributed by atoms with E-state index in [-0.39, 0.29) is 35.2 Å². The second-order valence-electron chi connectivity index (χ2n) is 13.4. The molecule has 4 aliphatic rings. The van der Waals surface area contributed by atoms with Crippen LogP contribution in [0.3, 0.4) is 0 Å². The van der Waals surface area contributed by atoms with Gasteiger partial charge >= 0.3 is 0 Å². The highest BCUT2D eigenvalue weighted by atomic mass is 32.2. The minimum Gasteiger partial charge on any atom is -0.299 e. The Morgan fingerprint density at radius 1 is 0.684 bits per heavy atom. The lowest BCUT2D eigenvalue weighted by molar-refractivity contribution is -0.132. The summed E-state index contributed by atoms with van der Waals surface area (Å²) < 4.78 is 66.3. The van der Waals surface area contributed by atoms with Gasteiger partial charge in [0.2, 0.25) is 0 Å². The van der Waals surface area contributed by atoms with E-state index in [9.17, 15) is 35.5 Å². The second-order valence-corrected chi connectivity index (χ2v) is 16.3. The van der Waals surface area contributed by atoms with Gasteiger partial charge < -0.3 is 0 Å². The lowest BCUT2D eigenvalue weighted by Crippen LogP contribution is -2.44. The summed E-state index contributed by atoms with van der Waals surface area (Å²) in [6, 6.07) is 8.07. The first-order valence-electron chi connectivity index (χ1n) is 13.4. The second kappa shape index (κ2) is 8.44. The number of carbonyl (C=O) groups excluding carboxylic acids is 2. The molecule has 0 saturated heterocycles. The van der Waals surface area contributed by atoms with E-state index >= 15 is 0 Å². The summed E-state index contributed by atoms with van der Waals surface area (Å²) in [5.41, 5.74) is -1.13. The smallest absolute Gasteiger partial charge is 0.265 e. The molecule has 4 aliphatic carbocycles. The van der Waals surface area contributed by atoms with Crippen molar-refractivity contribution < 1.29 is 35.5 Å². The Hall–Kier alpha value is -1.62. The molecule has 4 fully saturated rings. The Morgan fingerprint density at radius 2 is 1.00 bits per heavy atom. The topological polar surface area (TPSA) is 143 Å². The van der Waals surface area contributed by atoms with Gasteiger partial charge in [-0.05, 0) is 71.3 Å². The third-order valence-electron chi connectivity index (χ3n) is 11.9. The first-order valence-corrected chi connectivity index (χ1v) is 16.6. The van der Waals surface area contributed by atoms with Crippen molar-refractivity contribution in [2.45, 2.75) is 66.2 Å². The van der Waals surface area contributed by atoms with Crippen LogP contribution in [0, 0.1) is 45.3 Å². The molecule has 1 aromatic carbocycles. The lowest BCUT2D eigenvalue weighted by atomic mass is 9.64. The highest BCUT2D eigenvalue weighted by Gasteiger charge is 2.70. The Balaban J connectivity index is 1.32. The van der Waals surface area contributed by atoms with Gasteiger partial charge in [-0.3, -0.25) is 18.7 Å². The molecule has 0 aromatic heterocycles. The van der Waals surface area contributed by atoms with Gasteiger partial charge in [-0.1, -0.05) is 52.0 Å². The van der Waals surface area contributed by atoms with Crippen LogP contribution in [0.1, 0.15) is 64.5 Å². The summed E-state index contributed by atoms with van der Waals surface area (Å²) in [6.45, 7) is 7.38. The molecule has 0 amide bonds. The van der Waals surface area contributed by atoms with Crippen LogP contribution >= 0.6 is 0 Å². The van der Waals surface area contributed by atoms with Crippen LogP contribution in [0.25, 0.3) is 0 Å². The van der Waals surface area contributed by atoms with Gasteiger partial charge in [0.1, 0.15) is 11.6 Å². The van der Waals surface area contributed by atoms with Crippen molar-refractivity contribution in [1.29, 1.82) is 0 Å². The van der Waals surface area contributed by atoms with Crippen molar-refractivity contribution in [2.75, 3.05) is 11.5 Å². The minimum absolute atomic E-state index is 0.0189. The van der Waals surface area contributed by atoms with Crippen LogP contribution in [0.5, 0.6) is 0 Å². The third-order valence-corrected chi connectivity index (χ3v) is 13.8. The Kier molecular flexibility index (Phi) is 6.20. The molecule has 0 spiro atoms. The van der Waals surface area contributed by atoms with Crippen LogP contribution < -0.4 is 0 Å². The maximum Gasteiger partial charge on any atom is 0.265 e.